The van der Waals surface area contributed by atoms with E-state index in [9.17, 15) is 14.3 Å². The Kier molecular flexibility index (Phi) is 4.42. The standard InChI is InChI=1S/C16H16FNO3/c1-18(10-11-4-3-5-13(8-11)21-2)15-7-6-12(17)9-14(15)16(19)20/h3-9H,10H2,1-2H3,(H,19,20). The molecule has 0 saturated heterocycles. The maximum Gasteiger partial charge on any atom is 0.337 e. The van der Waals surface area contributed by atoms with E-state index >= 15 is 0 Å². The minimum atomic E-state index is -1.15. The van der Waals surface area contributed by atoms with Gasteiger partial charge in [-0.3, -0.25) is 0 Å². The average Bonchev–Trinajstić information content (AvgIpc) is 2.47. The Morgan fingerprint density at radius 1 is 1.29 bits per heavy atom. The molecule has 0 atom stereocenters. The first-order chi connectivity index (χ1) is 10.0. The number of carboxylic acids is 1. The van der Waals surface area contributed by atoms with Crippen LogP contribution in [0.15, 0.2) is 42.5 Å². The number of hydrogen-bond donors (Lipinski definition) is 1. The van der Waals surface area contributed by atoms with Crippen LogP contribution in [0.2, 0.25) is 0 Å². The highest BCUT2D eigenvalue weighted by Gasteiger charge is 2.15. The summed E-state index contributed by atoms with van der Waals surface area (Å²) in [4.78, 5) is 13.0. The third kappa shape index (κ3) is 3.51. The van der Waals surface area contributed by atoms with Crippen LogP contribution in [0, 0.1) is 5.82 Å². The lowest BCUT2D eigenvalue weighted by Gasteiger charge is -2.21. The first-order valence-corrected chi connectivity index (χ1v) is 6.38. The SMILES string of the molecule is COc1cccc(CN(C)c2ccc(F)cc2C(=O)O)c1. The van der Waals surface area contributed by atoms with Crippen molar-refractivity contribution in [2.24, 2.45) is 0 Å². The van der Waals surface area contributed by atoms with E-state index in [-0.39, 0.29) is 5.56 Å². The topological polar surface area (TPSA) is 49.8 Å². The molecular weight excluding hydrogens is 273 g/mol. The number of carboxylic acid groups (broad SMARTS) is 1. The number of aromatic carboxylic acids is 1. The summed E-state index contributed by atoms with van der Waals surface area (Å²) in [5.74, 6) is -0.980. The second-order valence-corrected chi connectivity index (χ2v) is 4.67. The van der Waals surface area contributed by atoms with E-state index < -0.39 is 11.8 Å². The molecule has 0 heterocycles. The van der Waals surface area contributed by atoms with Gasteiger partial charge in [0, 0.05) is 13.6 Å². The van der Waals surface area contributed by atoms with Gasteiger partial charge >= 0.3 is 5.97 Å². The summed E-state index contributed by atoms with van der Waals surface area (Å²) in [5, 5.41) is 9.17. The van der Waals surface area contributed by atoms with Gasteiger partial charge < -0.3 is 14.7 Å². The third-order valence-electron chi connectivity index (χ3n) is 3.15. The highest BCUT2D eigenvalue weighted by Crippen LogP contribution is 2.23. The van der Waals surface area contributed by atoms with Crippen LogP contribution in [0.4, 0.5) is 10.1 Å². The van der Waals surface area contributed by atoms with Crippen LogP contribution in [0.5, 0.6) is 5.75 Å². The molecule has 2 aromatic carbocycles. The second-order valence-electron chi connectivity index (χ2n) is 4.67. The Hall–Kier alpha value is -2.56. The number of halogens is 1. The molecule has 110 valence electrons. The number of carbonyl (C=O) groups is 1. The zero-order chi connectivity index (χ0) is 15.4. The molecule has 0 amide bonds. The van der Waals surface area contributed by atoms with Gasteiger partial charge in [0.15, 0.2) is 0 Å². The van der Waals surface area contributed by atoms with Gasteiger partial charge in [0.2, 0.25) is 0 Å². The number of anilines is 1. The zero-order valence-electron chi connectivity index (χ0n) is 11.8. The van der Waals surface area contributed by atoms with E-state index in [0.717, 1.165) is 17.4 Å². The van der Waals surface area contributed by atoms with Crippen molar-refractivity contribution in [3.05, 3.63) is 59.4 Å². The lowest BCUT2D eigenvalue weighted by molar-refractivity contribution is 0.0697. The normalized spacial score (nSPS) is 10.2. The minimum Gasteiger partial charge on any atom is -0.497 e. The summed E-state index contributed by atoms with van der Waals surface area (Å²) in [5.41, 5.74) is 1.38. The highest BCUT2D eigenvalue weighted by atomic mass is 19.1. The zero-order valence-corrected chi connectivity index (χ0v) is 11.8. The van der Waals surface area contributed by atoms with Crippen molar-refractivity contribution in [1.29, 1.82) is 0 Å². The summed E-state index contributed by atoms with van der Waals surface area (Å²) in [7, 11) is 3.35. The fourth-order valence-corrected chi connectivity index (χ4v) is 2.14. The van der Waals surface area contributed by atoms with Gasteiger partial charge in [0.1, 0.15) is 11.6 Å². The quantitative estimate of drug-likeness (QED) is 0.918. The monoisotopic (exact) mass is 289 g/mol. The van der Waals surface area contributed by atoms with Crippen LogP contribution in [-0.4, -0.2) is 25.2 Å². The summed E-state index contributed by atoms with van der Waals surface area (Å²) in [6, 6.07) is 11.3. The second kappa shape index (κ2) is 6.26. The molecule has 0 aliphatic heterocycles. The number of hydrogen-bond acceptors (Lipinski definition) is 3. The van der Waals surface area contributed by atoms with Gasteiger partial charge in [-0.2, -0.15) is 0 Å². The van der Waals surface area contributed by atoms with Crippen molar-refractivity contribution < 1.29 is 19.0 Å². The van der Waals surface area contributed by atoms with E-state index in [1.807, 2.05) is 24.3 Å². The Balaban J connectivity index is 2.27. The summed E-state index contributed by atoms with van der Waals surface area (Å²) < 4.78 is 18.4. The predicted molar refractivity (Wildman–Crippen MR) is 78.5 cm³/mol. The minimum absolute atomic E-state index is 0.0552. The van der Waals surface area contributed by atoms with Crippen LogP contribution >= 0.6 is 0 Å². The molecule has 4 nitrogen and oxygen atoms in total. The number of nitrogens with zero attached hydrogens (tertiary/aromatic N) is 1. The lowest BCUT2D eigenvalue weighted by atomic mass is 10.1. The predicted octanol–water partition coefficient (Wildman–Crippen LogP) is 3.17. The molecule has 0 radical (unpaired) electrons. The number of ether oxygens (including phenoxy) is 1. The van der Waals surface area contributed by atoms with Crippen LogP contribution in [0.3, 0.4) is 0 Å². The summed E-state index contributed by atoms with van der Waals surface area (Å²) in [6.07, 6.45) is 0. The van der Waals surface area contributed by atoms with Gasteiger partial charge in [-0.1, -0.05) is 12.1 Å². The maximum absolute atomic E-state index is 13.2. The number of rotatable bonds is 5. The largest absolute Gasteiger partial charge is 0.497 e. The smallest absolute Gasteiger partial charge is 0.337 e. The van der Waals surface area contributed by atoms with Crippen molar-refractivity contribution >= 4 is 11.7 Å². The van der Waals surface area contributed by atoms with Gasteiger partial charge in [0.25, 0.3) is 0 Å². The van der Waals surface area contributed by atoms with Crippen LogP contribution in [-0.2, 0) is 6.54 Å². The van der Waals surface area contributed by atoms with Crippen molar-refractivity contribution in [3.8, 4) is 5.75 Å². The molecule has 0 aromatic heterocycles. The van der Waals surface area contributed by atoms with Crippen molar-refractivity contribution in [2.45, 2.75) is 6.54 Å². The van der Waals surface area contributed by atoms with E-state index in [2.05, 4.69) is 0 Å². The van der Waals surface area contributed by atoms with E-state index in [4.69, 9.17) is 4.74 Å². The van der Waals surface area contributed by atoms with Gasteiger partial charge in [0.05, 0.1) is 18.4 Å². The van der Waals surface area contributed by atoms with Gasteiger partial charge in [-0.25, -0.2) is 9.18 Å². The average molecular weight is 289 g/mol. The fourth-order valence-electron chi connectivity index (χ4n) is 2.14. The first-order valence-electron chi connectivity index (χ1n) is 6.38. The fraction of sp³-hybridized carbons (Fsp3) is 0.188. The molecule has 21 heavy (non-hydrogen) atoms. The Morgan fingerprint density at radius 3 is 2.71 bits per heavy atom. The Morgan fingerprint density at radius 2 is 2.05 bits per heavy atom. The molecular formula is C16H16FNO3. The van der Waals surface area contributed by atoms with Crippen molar-refractivity contribution in [1.82, 2.24) is 0 Å². The van der Waals surface area contributed by atoms with Crippen molar-refractivity contribution in [3.63, 3.8) is 0 Å². The molecule has 1 N–H and O–H groups in total. The molecule has 0 aliphatic carbocycles. The molecule has 0 spiro atoms. The Labute approximate surface area is 122 Å². The number of benzene rings is 2. The number of methoxy groups -OCH3 is 1. The molecule has 0 unspecified atom stereocenters. The first kappa shape index (κ1) is 14.8. The van der Waals surface area contributed by atoms with Crippen LogP contribution in [0.1, 0.15) is 15.9 Å². The van der Waals surface area contributed by atoms with Gasteiger partial charge in [-0.15, -0.1) is 0 Å². The van der Waals surface area contributed by atoms with E-state index in [1.54, 1.807) is 19.1 Å². The molecule has 2 rings (SSSR count). The summed E-state index contributed by atoms with van der Waals surface area (Å²) in [6.45, 7) is 0.489. The molecule has 2 aromatic rings. The van der Waals surface area contributed by atoms with E-state index in [1.165, 1.54) is 12.1 Å². The lowest BCUT2D eigenvalue weighted by Crippen LogP contribution is -2.19. The Bertz CT molecular complexity index is 658. The molecule has 0 fully saturated rings. The highest BCUT2D eigenvalue weighted by molar-refractivity contribution is 5.94. The molecule has 0 bridgehead atoms. The maximum atomic E-state index is 13.2. The summed E-state index contributed by atoms with van der Waals surface area (Å²) >= 11 is 0. The third-order valence-corrected chi connectivity index (χ3v) is 3.15. The van der Waals surface area contributed by atoms with E-state index in [0.29, 0.717) is 12.2 Å². The van der Waals surface area contributed by atoms with Crippen molar-refractivity contribution in [2.75, 3.05) is 19.1 Å². The molecule has 0 aliphatic rings. The van der Waals surface area contributed by atoms with Crippen LogP contribution in [0.25, 0.3) is 0 Å². The molecule has 0 saturated carbocycles. The molecule has 5 heteroatoms. The van der Waals surface area contributed by atoms with Gasteiger partial charge in [-0.05, 0) is 35.9 Å². The van der Waals surface area contributed by atoms with Crippen LogP contribution < -0.4 is 9.64 Å².